The third-order valence-corrected chi connectivity index (χ3v) is 3.06. The van der Waals surface area contributed by atoms with Crippen LogP contribution in [0.2, 0.25) is 0 Å². The number of aliphatic hydroxyl groups is 1. The van der Waals surface area contributed by atoms with E-state index in [4.69, 9.17) is 15.7 Å². The van der Waals surface area contributed by atoms with Crippen LogP contribution >= 0.6 is 11.5 Å². The van der Waals surface area contributed by atoms with Gasteiger partial charge in [0.05, 0.1) is 0 Å². The molecule has 1 heterocycles. The Balaban J connectivity index is 2.09. The van der Waals surface area contributed by atoms with Crippen LogP contribution in [0.3, 0.4) is 0 Å². The van der Waals surface area contributed by atoms with Crippen molar-refractivity contribution in [1.82, 2.24) is 9.59 Å². The molecule has 2 aromatic rings. The maximum absolute atomic E-state index is 9.29. The number of aromatic nitrogens is 2. The molecule has 6 nitrogen and oxygen atoms in total. The summed E-state index contributed by atoms with van der Waals surface area (Å²) < 4.78 is 9.11. The van der Waals surface area contributed by atoms with E-state index >= 15 is 0 Å². The van der Waals surface area contributed by atoms with Crippen LogP contribution in [0.4, 0.5) is 0 Å². The molecule has 0 aliphatic carbocycles. The number of nitrogens with zero attached hydrogens (tertiary/aromatic N) is 3. The highest BCUT2D eigenvalue weighted by atomic mass is 32.1. The number of rotatable bonds is 5. The Morgan fingerprint density at radius 2 is 2.16 bits per heavy atom. The van der Waals surface area contributed by atoms with Crippen molar-refractivity contribution in [2.45, 2.75) is 6.10 Å². The fourth-order valence-electron chi connectivity index (χ4n) is 1.42. The third kappa shape index (κ3) is 3.26. The second kappa shape index (κ2) is 6.24. The van der Waals surface area contributed by atoms with Gasteiger partial charge in [-0.25, -0.2) is 0 Å². The maximum Gasteiger partial charge on any atom is 0.153 e. The van der Waals surface area contributed by atoms with Crippen LogP contribution in [0.1, 0.15) is 4.88 Å². The molecule has 7 heteroatoms. The highest BCUT2D eigenvalue weighted by molar-refractivity contribution is 7.06. The molecule has 1 aromatic heterocycles. The van der Waals surface area contributed by atoms with Crippen molar-refractivity contribution < 1.29 is 9.84 Å². The minimum absolute atomic E-state index is 0.150. The summed E-state index contributed by atoms with van der Waals surface area (Å²) in [5.74, 6) is 0.623. The van der Waals surface area contributed by atoms with Gasteiger partial charge in [-0.3, -0.25) is 0 Å². The van der Waals surface area contributed by atoms with E-state index in [0.717, 1.165) is 17.1 Å². The van der Waals surface area contributed by atoms with Crippen LogP contribution in [0.15, 0.2) is 24.3 Å². The number of nitriles is 1. The van der Waals surface area contributed by atoms with Crippen LogP contribution in [-0.4, -0.2) is 33.9 Å². The number of ether oxygens (including phenoxy) is 1. The van der Waals surface area contributed by atoms with Crippen molar-refractivity contribution in [2.24, 2.45) is 5.73 Å². The molecule has 3 N–H and O–H groups in total. The van der Waals surface area contributed by atoms with Crippen LogP contribution in [-0.2, 0) is 0 Å². The van der Waals surface area contributed by atoms with E-state index in [9.17, 15) is 5.11 Å². The molecular weight excluding hydrogens is 264 g/mol. The lowest BCUT2D eigenvalue weighted by molar-refractivity contribution is 0.114. The zero-order valence-electron chi connectivity index (χ0n) is 9.98. The average Bonchev–Trinajstić information content (AvgIpc) is 2.93. The van der Waals surface area contributed by atoms with Crippen molar-refractivity contribution in [3.63, 3.8) is 0 Å². The van der Waals surface area contributed by atoms with Gasteiger partial charge in [-0.1, -0.05) is 4.49 Å². The first-order chi connectivity index (χ1) is 9.24. The van der Waals surface area contributed by atoms with Gasteiger partial charge in [-0.05, 0) is 35.8 Å². The predicted molar refractivity (Wildman–Crippen MR) is 70.6 cm³/mol. The van der Waals surface area contributed by atoms with Crippen molar-refractivity contribution in [3.8, 4) is 23.1 Å². The number of aliphatic hydroxyl groups excluding tert-OH is 1. The summed E-state index contributed by atoms with van der Waals surface area (Å²) in [6.07, 6.45) is -0.674. The van der Waals surface area contributed by atoms with Crippen molar-refractivity contribution in [1.29, 1.82) is 5.26 Å². The summed E-state index contributed by atoms with van der Waals surface area (Å²) in [6.45, 7) is 0.311. The molecule has 0 radical (unpaired) electrons. The Hall–Kier alpha value is -2.01. The topological polar surface area (TPSA) is 105 Å². The first kappa shape index (κ1) is 13.4. The third-order valence-electron chi connectivity index (χ3n) is 2.43. The molecule has 0 saturated heterocycles. The lowest BCUT2D eigenvalue weighted by atomic mass is 10.1. The summed E-state index contributed by atoms with van der Waals surface area (Å²) in [7, 11) is 0. The molecule has 1 atom stereocenters. The normalized spacial score (nSPS) is 11.8. The van der Waals surface area contributed by atoms with Crippen molar-refractivity contribution in [3.05, 3.63) is 29.1 Å². The minimum atomic E-state index is -0.674. The largest absolute Gasteiger partial charge is 0.491 e. The van der Waals surface area contributed by atoms with E-state index in [-0.39, 0.29) is 13.2 Å². The summed E-state index contributed by atoms with van der Waals surface area (Å²) in [5.41, 5.74) is 6.65. The lowest BCUT2D eigenvalue weighted by Gasteiger charge is -2.10. The SMILES string of the molecule is N#Cc1snnc1-c1ccc(OCC(O)CN)cc1. The second-order valence-electron chi connectivity index (χ2n) is 3.79. The standard InChI is InChI=1S/C12H12N4O2S/c13-5-9(17)7-18-10-3-1-8(2-4-10)12-11(6-14)19-16-15-12/h1-4,9,17H,5,7,13H2. The molecule has 0 fully saturated rings. The number of hydrogen-bond acceptors (Lipinski definition) is 7. The monoisotopic (exact) mass is 276 g/mol. The van der Waals surface area contributed by atoms with Gasteiger partial charge < -0.3 is 15.6 Å². The Kier molecular flexibility index (Phi) is 4.41. The van der Waals surface area contributed by atoms with Gasteiger partial charge in [0, 0.05) is 12.1 Å². The smallest absolute Gasteiger partial charge is 0.153 e. The number of hydrogen-bond donors (Lipinski definition) is 2. The Morgan fingerprint density at radius 3 is 2.79 bits per heavy atom. The van der Waals surface area contributed by atoms with E-state index in [2.05, 4.69) is 15.7 Å². The van der Waals surface area contributed by atoms with Crippen LogP contribution in [0.25, 0.3) is 11.3 Å². The summed E-state index contributed by atoms with van der Waals surface area (Å²) in [4.78, 5) is 0.479. The van der Waals surface area contributed by atoms with Crippen molar-refractivity contribution in [2.75, 3.05) is 13.2 Å². The molecule has 0 saturated carbocycles. The molecule has 2 rings (SSSR count). The number of benzene rings is 1. The molecule has 0 bridgehead atoms. The number of nitrogens with two attached hydrogens (primary N) is 1. The van der Waals surface area contributed by atoms with E-state index < -0.39 is 6.10 Å². The van der Waals surface area contributed by atoms with Crippen LogP contribution in [0.5, 0.6) is 5.75 Å². The zero-order chi connectivity index (χ0) is 13.7. The van der Waals surface area contributed by atoms with Gasteiger partial charge >= 0.3 is 0 Å². The summed E-state index contributed by atoms with van der Waals surface area (Å²) >= 11 is 1.07. The van der Waals surface area contributed by atoms with Gasteiger partial charge in [0.15, 0.2) is 4.88 Å². The fourth-order valence-corrected chi connectivity index (χ4v) is 1.91. The predicted octanol–water partition coefficient (Wildman–Crippen LogP) is 0.775. The van der Waals surface area contributed by atoms with Gasteiger partial charge in [0.25, 0.3) is 0 Å². The Labute approximate surface area is 114 Å². The molecule has 19 heavy (non-hydrogen) atoms. The highest BCUT2D eigenvalue weighted by Gasteiger charge is 2.10. The molecule has 1 unspecified atom stereocenters. The van der Waals surface area contributed by atoms with E-state index in [1.54, 1.807) is 24.3 Å². The molecule has 98 valence electrons. The molecule has 0 aliphatic rings. The highest BCUT2D eigenvalue weighted by Crippen LogP contribution is 2.25. The first-order valence-electron chi connectivity index (χ1n) is 5.58. The maximum atomic E-state index is 9.29. The van der Waals surface area contributed by atoms with Gasteiger partial charge in [-0.2, -0.15) is 5.26 Å². The molecule has 1 aromatic carbocycles. The van der Waals surface area contributed by atoms with Crippen molar-refractivity contribution >= 4 is 11.5 Å². The van der Waals surface area contributed by atoms with Gasteiger partial charge in [0.1, 0.15) is 30.2 Å². The fraction of sp³-hybridized carbons (Fsp3) is 0.250. The zero-order valence-corrected chi connectivity index (χ0v) is 10.8. The van der Waals surface area contributed by atoms with Crippen LogP contribution in [0, 0.1) is 11.3 Å². The van der Waals surface area contributed by atoms with Gasteiger partial charge in [-0.15, -0.1) is 5.10 Å². The lowest BCUT2D eigenvalue weighted by Crippen LogP contribution is -2.26. The van der Waals surface area contributed by atoms with E-state index in [0.29, 0.717) is 16.3 Å². The Morgan fingerprint density at radius 1 is 1.42 bits per heavy atom. The van der Waals surface area contributed by atoms with Crippen LogP contribution < -0.4 is 10.5 Å². The summed E-state index contributed by atoms with van der Waals surface area (Å²) in [6, 6.07) is 9.14. The molecular formula is C12H12N4O2S. The molecule has 0 aliphatic heterocycles. The quantitative estimate of drug-likeness (QED) is 0.836. The van der Waals surface area contributed by atoms with E-state index in [1.807, 2.05) is 0 Å². The summed E-state index contributed by atoms with van der Waals surface area (Å²) in [5, 5.41) is 22.1. The first-order valence-corrected chi connectivity index (χ1v) is 6.35. The second-order valence-corrected chi connectivity index (χ2v) is 4.54. The average molecular weight is 276 g/mol. The minimum Gasteiger partial charge on any atom is -0.491 e. The van der Waals surface area contributed by atoms with Gasteiger partial charge in [0.2, 0.25) is 0 Å². The van der Waals surface area contributed by atoms with E-state index in [1.165, 1.54) is 0 Å². The molecule has 0 spiro atoms. The Bertz CT molecular complexity index is 576. The molecule has 0 amide bonds.